The van der Waals surface area contributed by atoms with Crippen molar-refractivity contribution >= 4 is 5.71 Å². The number of hydrogen-bond acceptors (Lipinski definition) is 3. The van der Waals surface area contributed by atoms with Crippen molar-refractivity contribution in [2.24, 2.45) is 5.16 Å². The van der Waals surface area contributed by atoms with E-state index in [0.717, 1.165) is 12.1 Å². The number of benzene rings is 1. The Bertz CT molecular complexity index is 668. The van der Waals surface area contributed by atoms with E-state index >= 15 is 0 Å². The van der Waals surface area contributed by atoms with Gasteiger partial charge >= 0.3 is 6.18 Å². The van der Waals surface area contributed by atoms with Gasteiger partial charge in [-0.3, -0.25) is 0 Å². The maximum Gasteiger partial charge on any atom is 0.416 e. The van der Waals surface area contributed by atoms with Crippen LogP contribution in [0.15, 0.2) is 48.1 Å². The molecule has 0 aliphatic heterocycles. The van der Waals surface area contributed by atoms with Gasteiger partial charge in [0.15, 0.2) is 6.61 Å². The van der Waals surface area contributed by atoms with E-state index in [2.05, 4.69) is 16.1 Å². The van der Waals surface area contributed by atoms with E-state index in [1.54, 1.807) is 23.3 Å². The van der Waals surface area contributed by atoms with E-state index in [4.69, 9.17) is 11.3 Å². The molecule has 1 aromatic carbocycles. The van der Waals surface area contributed by atoms with E-state index in [1.807, 2.05) is 0 Å². The van der Waals surface area contributed by atoms with Crippen molar-refractivity contribution in [2.45, 2.75) is 12.7 Å². The summed E-state index contributed by atoms with van der Waals surface area (Å²) in [5.41, 5.74) is 0.239. The highest BCUT2D eigenvalue weighted by molar-refractivity contribution is 6.00. The molecule has 22 heavy (non-hydrogen) atoms. The lowest BCUT2D eigenvalue weighted by Crippen LogP contribution is -2.12. The Labute approximate surface area is 125 Å². The van der Waals surface area contributed by atoms with Gasteiger partial charge in [0.2, 0.25) is 0 Å². The van der Waals surface area contributed by atoms with Gasteiger partial charge in [-0.25, -0.2) is 4.98 Å². The van der Waals surface area contributed by atoms with Crippen molar-refractivity contribution in [3.63, 3.8) is 0 Å². The molecule has 0 aliphatic carbocycles. The zero-order valence-electron chi connectivity index (χ0n) is 11.4. The number of hydrogen-bond donors (Lipinski definition) is 0. The van der Waals surface area contributed by atoms with E-state index < -0.39 is 11.7 Å². The second kappa shape index (κ2) is 6.80. The van der Waals surface area contributed by atoms with Gasteiger partial charge in [-0.15, -0.1) is 6.42 Å². The molecule has 2 aromatic rings. The molecule has 4 nitrogen and oxygen atoms in total. The first-order valence-corrected chi connectivity index (χ1v) is 6.26. The number of oxime groups is 1. The van der Waals surface area contributed by atoms with Crippen molar-refractivity contribution in [3.05, 3.63) is 54.1 Å². The number of aromatic nitrogens is 2. The summed E-state index contributed by atoms with van der Waals surface area (Å²) in [6.45, 7) is 0.282. The maximum atomic E-state index is 12.6. The van der Waals surface area contributed by atoms with E-state index in [0.29, 0.717) is 17.8 Å². The molecule has 0 aliphatic rings. The smallest absolute Gasteiger partial charge is 0.382 e. The zero-order chi connectivity index (χ0) is 16.0. The van der Waals surface area contributed by atoms with Crippen LogP contribution in [-0.2, 0) is 17.6 Å². The Hall–Kier alpha value is -2.75. The minimum atomic E-state index is -4.37. The van der Waals surface area contributed by atoms with E-state index in [1.165, 1.54) is 12.1 Å². The molecule has 0 amide bonds. The van der Waals surface area contributed by atoms with Crippen LogP contribution in [0, 0.1) is 12.3 Å². The largest absolute Gasteiger partial charge is 0.416 e. The molecular formula is C15H12F3N3O. The molecule has 0 bridgehead atoms. The Morgan fingerprint density at radius 1 is 1.32 bits per heavy atom. The Morgan fingerprint density at radius 2 is 2.05 bits per heavy atom. The number of imidazole rings is 1. The van der Waals surface area contributed by atoms with E-state index in [-0.39, 0.29) is 6.61 Å². The molecule has 0 radical (unpaired) electrons. The molecule has 7 heteroatoms. The normalized spacial score (nSPS) is 12.0. The number of rotatable bonds is 5. The van der Waals surface area contributed by atoms with Gasteiger partial charge in [-0.2, -0.15) is 13.2 Å². The van der Waals surface area contributed by atoms with Crippen LogP contribution in [-0.4, -0.2) is 21.9 Å². The monoisotopic (exact) mass is 307 g/mol. The summed E-state index contributed by atoms with van der Waals surface area (Å²) in [5.74, 6) is 2.27. The minimum absolute atomic E-state index is 0.0198. The summed E-state index contributed by atoms with van der Waals surface area (Å²) >= 11 is 0. The molecule has 114 valence electrons. The van der Waals surface area contributed by atoms with Gasteiger partial charge in [0.25, 0.3) is 0 Å². The van der Waals surface area contributed by atoms with Gasteiger partial charge in [0, 0.05) is 18.0 Å². The first-order valence-electron chi connectivity index (χ1n) is 6.26. The Balaban J connectivity index is 2.24. The van der Waals surface area contributed by atoms with Crippen molar-refractivity contribution in [2.75, 3.05) is 6.61 Å². The third kappa shape index (κ3) is 4.12. The van der Waals surface area contributed by atoms with Crippen molar-refractivity contribution in [1.82, 2.24) is 9.55 Å². The zero-order valence-corrected chi connectivity index (χ0v) is 11.4. The van der Waals surface area contributed by atoms with Gasteiger partial charge in [-0.1, -0.05) is 23.2 Å². The second-order valence-electron chi connectivity index (χ2n) is 4.33. The average molecular weight is 307 g/mol. The third-order valence-electron chi connectivity index (χ3n) is 2.76. The molecule has 0 atom stereocenters. The summed E-state index contributed by atoms with van der Waals surface area (Å²) in [7, 11) is 0. The topological polar surface area (TPSA) is 39.4 Å². The molecule has 0 spiro atoms. The predicted molar refractivity (Wildman–Crippen MR) is 75.0 cm³/mol. The van der Waals surface area contributed by atoms with Crippen LogP contribution >= 0.6 is 0 Å². The van der Waals surface area contributed by atoms with Crippen LogP contribution in [0.25, 0.3) is 0 Å². The van der Waals surface area contributed by atoms with Gasteiger partial charge in [0.05, 0.1) is 18.4 Å². The molecule has 2 rings (SSSR count). The van der Waals surface area contributed by atoms with E-state index in [9.17, 15) is 13.2 Å². The van der Waals surface area contributed by atoms with Crippen LogP contribution in [0.5, 0.6) is 0 Å². The van der Waals surface area contributed by atoms with Gasteiger partial charge < -0.3 is 9.40 Å². The summed E-state index contributed by atoms with van der Waals surface area (Å²) < 4.78 is 39.5. The summed E-state index contributed by atoms with van der Waals surface area (Å²) in [5, 5.41) is 3.89. The molecular weight excluding hydrogens is 295 g/mol. The number of nitrogens with zero attached hydrogens (tertiary/aromatic N) is 3. The average Bonchev–Trinajstić information content (AvgIpc) is 2.99. The van der Waals surface area contributed by atoms with Crippen LogP contribution in [0.3, 0.4) is 0 Å². The quantitative estimate of drug-likeness (QED) is 0.369. The second-order valence-corrected chi connectivity index (χ2v) is 4.33. The van der Waals surface area contributed by atoms with Crippen LogP contribution in [0.4, 0.5) is 13.2 Å². The molecule has 1 heterocycles. The Kier molecular flexibility index (Phi) is 4.84. The van der Waals surface area contributed by atoms with Crippen LogP contribution in [0.1, 0.15) is 11.1 Å². The number of terminal acetylenes is 1. The lowest BCUT2D eigenvalue weighted by Gasteiger charge is -2.10. The first kappa shape index (κ1) is 15.6. The van der Waals surface area contributed by atoms with Gasteiger partial charge in [-0.05, 0) is 12.1 Å². The minimum Gasteiger partial charge on any atom is -0.382 e. The highest BCUT2D eigenvalue weighted by atomic mass is 19.4. The van der Waals surface area contributed by atoms with Crippen LogP contribution in [0.2, 0.25) is 0 Å². The lowest BCUT2D eigenvalue weighted by molar-refractivity contribution is -0.137. The maximum absolute atomic E-state index is 12.6. The predicted octanol–water partition coefficient (Wildman–Crippen LogP) is 2.96. The molecule has 0 fully saturated rings. The SMILES string of the molecule is C#CCO/N=C(\Cn1ccnc1)c1ccc(C(F)(F)F)cc1. The number of alkyl halides is 3. The van der Waals surface area contributed by atoms with Crippen molar-refractivity contribution in [3.8, 4) is 12.3 Å². The van der Waals surface area contributed by atoms with Crippen LogP contribution < -0.4 is 0 Å². The first-order chi connectivity index (χ1) is 10.5. The molecule has 0 N–H and O–H groups in total. The fourth-order valence-corrected chi connectivity index (χ4v) is 1.73. The van der Waals surface area contributed by atoms with Crippen molar-refractivity contribution in [1.29, 1.82) is 0 Å². The fourth-order valence-electron chi connectivity index (χ4n) is 1.73. The molecule has 0 unspecified atom stereocenters. The summed E-state index contributed by atoms with van der Waals surface area (Å²) in [4.78, 5) is 8.84. The summed E-state index contributed by atoms with van der Waals surface area (Å²) in [6.07, 6.45) is 5.57. The third-order valence-corrected chi connectivity index (χ3v) is 2.76. The highest BCUT2D eigenvalue weighted by Gasteiger charge is 2.30. The molecule has 0 saturated carbocycles. The fraction of sp³-hybridized carbons (Fsp3) is 0.200. The summed E-state index contributed by atoms with van der Waals surface area (Å²) in [6, 6.07) is 4.69. The standard InChI is InChI=1S/C15H12F3N3O/c1-2-9-22-20-14(10-21-8-7-19-11-21)12-3-5-13(6-4-12)15(16,17)18/h1,3-8,11H,9-10H2/b20-14+. The molecule has 0 saturated heterocycles. The van der Waals surface area contributed by atoms with Crippen molar-refractivity contribution < 1.29 is 18.0 Å². The van der Waals surface area contributed by atoms with Gasteiger partial charge in [0.1, 0.15) is 5.71 Å². The molecule has 1 aromatic heterocycles. The lowest BCUT2D eigenvalue weighted by atomic mass is 10.1. The number of halogens is 3. The highest BCUT2D eigenvalue weighted by Crippen LogP contribution is 2.29. The Morgan fingerprint density at radius 3 is 2.59 bits per heavy atom.